The summed E-state index contributed by atoms with van der Waals surface area (Å²) in [6.45, 7) is 1.80. The molecule has 0 fully saturated rings. The van der Waals surface area contributed by atoms with Crippen LogP contribution in [-0.4, -0.2) is 22.1 Å². The number of rotatable bonds is 7. The van der Waals surface area contributed by atoms with E-state index < -0.39 is 10.0 Å². The first-order valence-corrected chi connectivity index (χ1v) is 8.60. The molecule has 0 aliphatic carbocycles. The number of quaternary nitrogens is 1. The molecule has 0 aliphatic heterocycles. The van der Waals surface area contributed by atoms with Crippen molar-refractivity contribution < 1.29 is 18.5 Å². The van der Waals surface area contributed by atoms with Gasteiger partial charge in [0.2, 0.25) is 10.0 Å². The number of benzene rings is 2. The zero-order valence-corrected chi connectivity index (χ0v) is 13.3. The van der Waals surface area contributed by atoms with E-state index in [1.165, 1.54) is 5.56 Å². The van der Waals surface area contributed by atoms with Crippen LogP contribution in [0.15, 0.2) is 53.4 Å². The monoisotopic (exact) mass is 321 g/mol. The number of sulfonamides is 1. The maximum absolute atomic E-state index is 11.2. The molecule has 22 heavy (non-hydrogen) atoms. The fourth-order valence-electron chi connectivity index (χ4n) is 2.18. The van der Waals surface area contributed by atoms with Crippen LogP contribution in [0, 0.1) is 0 Å². The molecule has 2 rings (SSSR count). The van der Waals surface area contributed by atoms with E-state index in [0.717, 1.165) is 30.8 Å². The fraction of sp³-hybridized carbons (Fsp3) is 0.250. The Morgan fingerprint density at radius 3 is 2.45 bits per heavy atom. The van der Waals surface area contributed by atoms with Crippen molar-refractivity contribution in [1.82, 2.24) is 0 Å². The van der Waals surface area contributed by atoms with E-state index in [0.29, 0.717) is 0 Å². The number of methoxy groups -OCH3 is 1. The van der Waals surface area contributed by atoms with Crippen molar-refractivity contribution in [2.45, 2.75) is 17.9 Å². The van der Waals surface area contributed by atoms with E-state index in [4.69, 9.17) is 9.88 Å². The summed E-state index contributed by atoms with van der Waals surface area (Å²) in [7, 11) is -1.95. The van der Waals surface area contributed by atoms with Gasteiger partial charge in [0.15, 0.2) is 0 Å². The smallest absolute Gasteiger partial charge is 0.238 e. The lowest BCUT2D eigenvalue weighted by atomic mass is 10.1. The Kier molecular flexibility index (Phi) is 5.54. The first-order valence-electron chi connectivity index (χ1n) is 7.05. The quantitative estimate of drug-likeness (QED) is 0.734. The van der Waals surface area contributed by atoms with Gasteiger partial charge in [0.1, 0.15) is 12.3 Å². The molecule has 2 aromatic carbocycles. The average molecular weight is 321 g/mol. The van der Waals surface area contributed by atoms with Gasteiger partial charge in [0, 0.05) is 12.0 Å². The minimum Gasteiger partial charge on any atom is -0.497 e. The molecule has 0 saturated heterocycles. The molecule has 0 aliphatic rings. The molecule has 4 N–H and O–H groups in total. The topological polar surface area (TPSA) is 86.0 Å². The van der Waals surface area contributed by atoms with Gasteiger partial charge < -0.3 is 10.1 Å². The predicted molar refractivity (Wildman–Crippen MR) is 85.0 cm³/mol. The molecular formula is C16H21N2O3S+. The molecule has 0 atom stereocenters. The van der Waals surface area contributed by atoms with Crippen molar-refractivity contribution in [3.8, 4) is 5.75 Å². The number of nitrogens with two attached hydrogens (primary N) is 2. The van der Waals surface area contributed by atoms with Crippen molar-refractivity contribution in [1.29, 1.82) is 0 Å². The highest BCUT2D eigenvalue weighted by Gasteiger charge is 2.06. The third kappa shape index (κ3) is 4.84. The Balaban J connectivity index is 1.81. The van der Waals surface area contributed by atoms with Gasteiger partial charge in [-0.15, -0.1) is 0 Å². The largest absolute Gasteiger partial charge is 0.497 e. The van der Waals surface area contributed by atoms with Crippen LogP contribution in [0.4, 0.5) is 0 Å². The summed E-state index contributed by atoms with van der Waals surface area (Å²) in [5.74, 6) is 0.865. The van der Waals surface area contributed by atoms with Crippen molar-refractivity contribution in [2.75, 3.05) is 13.7 Å². The standard InChI is InChI=1S/C16H20N2O3S/c1-21-15-4-2-3-14(11-15)12-18-10-9-13-5-7-16(8-6-13)22(17,19)20/h2-8,11,18H,9-10,12H2,1H3,(H2,17,19,20)/p+1. The molecule has 6 heteroatoms. The second-order valence-electron chi connectivity index (χ2n) is 5.07. The molecule has 118 valence electrons. The summed E-state index contributed by atoms with van der Waals surface area (Å²) in [5.41, 5.74) is 2.30. The molecule has 0 spiro atoms. The molecule has 0 saturated carbocycles. The Morgan fingerprint density at radius 1 is 1.09 bits per heavy atom. The Bertz CT molecular complexity index is 712. The maximum atomic E-state index is 11.2. The summed E-state index contributed by atoms with van der Waals surface area (Å²) < 4.78 is 27.5. The SMILES string of the molecule is COc1cccc(C[NH2+]CCc2ccc(S(N)(=O)=O)cc2)c1. The first-order chi connectivity index (χ1) is 10.5. The lowest BCUT2D eigenvalue weighted by Crippen LogP contribution is -2.83. The number of hydrogen-bond acceptors (Lipinski definition) is 3. The van der Waals surface area contributed by atoms with Crippen LogP contribution in [0.25, 0.3) is 0 Å². The molecule has 5 nitrogen and oxygen atoms in total. The minimum atomic E-state index is -3.61. The molecule has 0 aromatic heterocycles. The van der Waals surface area contributed by atoms with E-state index in [9.17, 15) is 8.42 Å². The summed E-state index contributed by atoms with van der Waals surface area (Å²) in [6.07, 6.45) is 0.870. The Labute approximate surface area is 131 Å². The molecule has 2 aromatic rings. The van der Waals surface area contributed by atoms with Gasteiger partial charge in [0.05, 0.1) is 18.6 Å². The second kappa shape index (κ2) is 7.40. The molecular weight excluding hydrogens is 300 g/mol. The van der Waals surface area contributed by atoms with Crippen LogP contribution < -0.4 is 15.2 Å². The predicted octanol–water partition coefficient (Wildman–Crippen LogP) is 0.649. The second-order valence-corrected chi connectivity index (χ2v) is 6.63. The summed E-state index contributed by atoms with van der Waals surface area (Å²) in [5, 5.41) is 7.28. The number of ether oxygens (including phenoxy) is 1. The van der Waals surface area contributed by atoms with Crippen LogP contribution in [0.5, 0.6) is 5.75 Å². The zero-order chi connectivity index (χ0) is 16.0. The number of primary sulfonamides is 1. The van der Waals surface area contributed by atoms with E-state index in [1.54, 1.807) is 31.4 Å². The van der Waals surface area contributed by atoms with Crippen molar-refractivity contribution in [2.24, 2.45) is 5.14 Å². The lowest BCUT2D eigenvalue weighted by Gasteiger charge is -2.05. The fourth-order valence-corrected chi connectivity index (χ4v) is 2.70. The van der Waals surface area contributed by atoms with Crippen molar-refractivity contribution in [3.05, 3.63) is 59.7 Å². The minimum absolute atomic E-state index is 0.150. The third-order valence-electron chi connectivity index (χ3n) is 3.40. The molecule has 0 bridgehead atoms. The molecule has 0 unspecified atom stereocenters. The highest BCUT2D eigenvalue weighted by molar-refractivity contribution is 7.89. The van der Waals surface area contributed by atoms with Gasteiger partial charge >= 0.3 is 0 Å². The zero-order valence-electron chi connectivity index (χ0n) is 12.5. The van der Waals surface area contributed by atoms with Crippen LogP contribution in [0.2, 0.25) is 0 Å². The van der Waals surface area contributed by atoms with Crippen LogP contribution in [-0.2, 0) is 23.0 Å². The third-order valence-corrected chi connectivity index (χ3v) is 4.33. The van der Waals surface area contributed by atoms with Crippen LogP contribution >= 0.6 is 0 Å². The average Bonchev–Trinajstić information content (AvgIpc) is 2.51. The molecule has 0 radical (unpaired) electrons. The Morgan fingerprint density at radius 2 is 1.82 bits per heavy atom. The summed E-state index contributed by atoms with van der Waals surface area (Å²) in [4.78, 5) is 0.150. The number of hydrogen-bond donors (Lipinski definition) is 2. The van der Waals surface area contributed by atoms with E-state index in [1.807, 2.05) is 18.2 Å². The van der Waals surface area contributed by atoms with Gasteiger partial charge in [0.25, 0.3) is 0 Å². The van der Waals surface area contributed by atoms with Crippen molar-refractivity contribution >= 4 is 10.0 Å². The van der Waals surface area contributed by atoms with Crippen molar-refractivity contribution in [3.63, 3.8) is 0 Å². The molecule has 0 heterocycles. The normalized spacial score (nSPS) is 11.4. The Hall–Kier alpha value is -1.89. The maximum Gasteiger partial charge on any atom is 0.238 e. The van der Waals surface area contributed by atoms with Crippen LogP contribution in [0.1, 0.15) is 11.1 Å². The van der Waals surface area contributed by atoms with E-state index in [2.05, 4.69) is 11.4 Å². The van der Waals surface area contributed by atoms with Gasteiger partial charge in [-0.1, -0.05) is 24.3 Å². The highest BCUT2D eigenvalue weighted by atomic mass is 32.2. The van der Waals surface area contributed by atoms with E-state index >= 15 is 0 Å². The molecule has 0 amide bonds. The van der Waals surface area contributed by atoms with Gasteiger partial charge in [-0.2, -0.15) is 0 Å². The van der Waals surface area contributed by atoms with Gasteiger partial charge in [-0.25, -0.2) is 13.6 Å². The summed E-state index contributed by atoms with van der Waals surface area (Å²) in [6, 6.07) is 14.7. The van der Waals surface area contributed by atoms with Crippen LogP contribution in [0.3, 0.4) is 0 Å². The lowest BCUT2D eigenvalue weighted by molar-refractivity contribution is -0.670. The summed E-state index contributed by atoms with van der Waals surface area (Å²) >= 11 is 0. The van der Waals surface area contributed by atoms with Gasteiger partial charge in [-0.3, -0.25) is 0 Å². The first kappa shape index (κ1) is 16.5. The highest BCUT2D eigenvalue weighted by Crippen LogP contribution is 2.11. The van der Waals surface area contributed by atoms with Gasteiger partial charge in [-0.05, 0) is 29.8 Å². The van der Waals surface area contributed by atoms with E-state index in [-0.39, 0.29) is 4.90 Å².